The molecule has 2 saturated heterocycles. The molecule has 2 aliphatic rings. The Morgan fingerprint density at radius 1 is 0.982 bits per heavy atom. The van der Waals surface area contributed by atoms with Crippen molar-refractivity contribution in [3.8, 4) is 0 Å². The fourth-order valence-electron chi connectivity index (χ4n) is 8.57. The van der Waals surface area contributed by atoms with E-state index in [1.165, 1.54) is 14.2 Å². The summed E-state index contributed by atoms with van der Waals surface area (Å²) in [5, 5.41) is 5.59. The largest absolute Gasteiger partial charge is 0.467 e. The third-order valence-electron chi connectivity index (χ3n) is 12.2. The molecule has 3 rings (SSSR count). The first-order valence-corrected chi connectivity index (χ1v) is 19.8. The third kappa shape index (κ3) is 11.0. The summed E-state index contributed by atoms with van der Waals surface area (Å²) in [6, 6.07) is 4.75. The van der Waals surface area contributed by atoms with Gasteiger partial charge in [0.2, 0.25) is 23.6 Å². The molecule has 2 aliphatic heterocycles. The molecule has 0 aromatic heterocycles. The lowest BCUT2D eigenvalue weighted by molar-refractivity contribution is -0.147. The van der Waals surface area contributed by atoms with E-state index < -0.39 is 47.6 Å². The van der Waals surface area contributed by atoms with Crippen LogP contribution in [0.15, 0.2) is 24.3 Å². The molecule has 310 valence electrons. The Kier molecular flexibility index (Phi) is 17.1. The van der Waals surface area contributed by atoms with Gasteiger partial charge in [0.25, 0.3) is 0 Å². The number of likely N-dealkylation sites (N-methyl/N-ethyl adjacent to an activating group) is 2. The number of hydrogen-bond donors (Lipinski definition) is 3. The number of ether oxygens (including phenoxy) is 3. The number of hydrogen-bond acceptors (Lipinski definition) is 11. The number of amides is 4. The Bertz CT molecular complexity index is 1460. The van der Waals surface area contributed by atoms with Crippen LogP contribution in [-0.2, 0) is 44.6 Å². The second-order valence-electron chi connectivity index (χ2n) is 16.1. The van der Waals surface area contributed by atoms with Crippen molar-refractivity contribution >= 4 is 35.3 Å². The Morgan fingerprint density at radius 2 is 1.64 bits per heavy atom. The summed E-state index contributed by atoms with van der Waals surface area (Å²) in [5.41, 5.74) is 6.47. The van der Waals surface area contributed by atoms with E-state index in [0.29, 0.717) is 25.1 Å². The lowest BCUT2D eigenvalue weighted by atomic mass is 9.87. The summed E-state index contributed by atoms with van der Waals surface area (Å²) in [4.78, 5) is 73.8. The Hall–Kier alpha value is -3.59. The molecule has 9 atom stereocenters. The minimum absolute atomic E-state index is 0.0341. The summed E-state index contributed by atoms with van der Waals surface area (Å²) in [7, 11) is 8.17. The van der Waals surface area contributed by atoms with E-state index >= 15 is 0 Å². The molecule has 4 N–H and O–H groups in total. The molecule has 0 unspecified atom stereocenters. The van der Waals surface area contributed by atoms with E-state index in [1.807, 2.05) is 44.7 Å². The molecule has 2 fully saturated rings. The molecule has 4 amide bonds. The number of nitrogen functional groups attached to an aromatic ring is 1. The van der Waals surface area contributed by atoms with E-state index in [9.17, 15) is 24.0 Å². The van der Waals surface area contributed by atoms with Gasteiger partial charge in [-0.15, -0.1) is 0 Å². The molecule has 1 aromatic carbocycles. The topological polar surface area (TPSA) is 173 Å². The van der Waals surface area contributed by atoms with E-state index in [4.69, 9.17) is 19.9 Å². The minimum atomic E-state index is -0.929. The van der Waals surface area contributed by atoms with Gasteiger partial charge in [-0.2, -0.15) is 0 Å². The highest BCUT2D eigenvalue weighted by Crippen LogP contribution is 2.31. The number of imide groups is 1. The zero-order valence-electron chi connectivity index (χ0n) is 35.1. The number of likely N-dealkylation sites (tertiary alicyclic amines) is 2. The average Bonchev–Trinajstić information content (AvgIpc) is 3.78. The van der Waals surface area contributed by atoms with Crippen LogP contribution in [0.4, 0.5) is 5.69 Å². The van der Waals surface area contributed by atoms with E-state index in [0.717, 1.165) is 31.4 Å². The van der Waals surface area contributed by atoms with Gasteiger partial charge in [0, 0.05) is 38.9 Å². The maximum atomic E-state index is 14.3. The molecule has 55 heavy (non-hydrogen) atoms. The Balaban J connectivity index is 1.78. The van der Waals surface area contributed by atoms with Gasteiger partial charge in [0.1, 0.15) is 6.04 Å². The predicted molar refractivity (Wildman–Crippen MR) is 212 cm³/mol. The van der Waals surface area contributed by atoms with Crippen LogP contribution in [0, 0.1) is 17.8 Å². The van der Waals surface area contributed by atoms with Crippen LogP contribution >= 0.6 is 0 Å². The summed E-state index contributed by atoms with van der Waals surface area (Å²) in [5.74, 6) is -2.59. The van der Waals surface area contributed by atoms with Gasteiger partial charge in [-0.1, -0.05) is 53.2 Å². The third-order valence-corrected chi connectivity index (χ3v) is 12.2. The summed E-state index contributed by atoms with van der Waals surface area (Å²) in [6.45, 7) is 13.0. The highest BCUT2D eigenvalue weighted by atomic mass is 16.5. The van der Waals surface area contributed by atoms with Crippen LogP contribution in [0.1, 0.15) is 85.6 Å². The van der Waals surface area contributed by atoms with Gasteiger partial charge in [0.15, 0.2) is 0 Å². The van der Waals surface area contributed by atoms with Gasteiger partial charge in [-0.3, -0.25) is 34.3 Å². The standard InChI is InChI=1S/C41H68N6O8/c1-12-26(4)35(46(8)34(25(2)3)38(50)44-40(52)41(6)20-14-21-45(41)7)32(53-9)24-33(48)47-22-13-15-31(47)36(54-10)27(5)37(49)43-30(39(51)55-11)23-28-16-18-29(42)19-17-28/h16-19,25-27,30-32,34-36H,12-15,20-24,42H2,1-11H3,(H,43,49)(H,44,50,52)/t26-,27+,30-,31-,32+,34-,35-,36+,41+/m0/s1. The highest BCUT2D eigenvalue weighted by Gasteiger charge is 2.46. The van der Waals surface area contributed by atoms with Crippen molar-refractivity contribution < 1.29 is 38.2 Å². The van der Waals surface area contributed by atoms with Gasteiger partial charge in [-0.25, -0.2) is 4.79 Å². The van der Waals surface area contributed by atoms with E-state index in [-0.39, 0.29) is 54.5 Å². The summed E-state index contributed by atoms with van der Waals surface area (Å²) in [6.07, 6.45) is 2.74. The molecule has 0 spiro atoms. The minimum Gasteiger partial charge on any atom is -0.467 e. The fourth-order valence-corrected chi connectivity index (χ4v) is 8.57. The maximum absolute atomic E-state index is 14.3. The number of nitrogens with zero attached hydrogens (tertiary/aromatic N) is 3. The zero-order valence-corrected chi connectivity index (χ0v) is 35.1. The molecule has 0 radical (unpaired) electrons. The molecule has 14 nitrogen and oxygen atoms in total. The van der Waals surface area contributed by atoms with Crippen LogP contribution < -0.4 is 16.4 Å². The number of esters is 1. The van der Waals surface area contributed by atoms with Gasteiger partial charge < -0.3 is 30.2 Å². The number of anilines is 1. The summed E-state index contributed by atoms with van der Waals surface area (Å²) < 4.78 is 17.0. The first kappa shape index (κ1) is 45.8. The van der Waals surface area contributed by atoms with Crippen molar-refractivity contribution in [3.63, 3.8) is 0 Å². The van der Waals surface area contributed by atoms with E-state index in [2.05, 4.69) is 24.5 Å². The predicted octanol–water partition coefficient (Wildman–Crippen LogP) is 3.01. The maximum Gasteiger partial charge on any atom is 0.328 e. The van der Waals surface area contributed by atoms with Crippen molar-refractivity contribution in [2.75, 3.05) is 54.2 Å². The van der Waals surface area contributed by atoms with E-state index in [1.54, 1.807) is 43.2 Å². The lowest BCUT2D eigenvalue weighted by Gasteiger charge is -2.43. The SMILES string of the molecule is CC[C@H](C)[C@@H]([C@@H](CC(=O)N1CCC[C@H]1[C@H](OC)[C@@H](C)C(=O)N[C@@H](Cc1ccc(N)cc1)C(=O)OC)OC)N(C)[C@H](C(=O)NC(=O)[C@@]1(C)CCCN1C)C(C)C. The van der Waals surface area contributed by atoms with Crippen molar-refractivity contribution in [2.45, 2.75) is 128 Å². The van der Waals surface area contributed by atoms with Gasteiger partial charge in [-0.05, 0) is 82.8 Å². The molecule has 0 saturated carbocycles. The number of rotatable bonds is 19. The Labute approximate surface area is 328 Å². The normalized spacial score (nSPS) is 22.8. The molecular weight excluding hydrogens is 704 g/mol. The smallest absolute Gasteiger partial charge is 0.328 e. The van der Waals surface area contributed by atoms with Crippen molar-refractivity contribution in [1.82, 2.24) is 25.3 Å². The molecule has 0 bridgehead atoms. The van der Waals surface area contributed by atoms with Crippen LogP contribution in [0.5, 0.6) is 0 Å². The van der Waals surface area contributed by atoms with Crippen molar-refractivity contribution in [3.05, 3.63) is 29.8 Å². The van der Waals surface area contributed by atoms with Gasteiger partial charge >= 0.3 is 5.97 Å². The van der Waals surface area contributed by atoms with Crippen LogP contribution in [0.2, 0.25) is 0 Å². The second-order valence-corrected chi connectivity index (χ2v) is 16.1. The highest BCUT2D eigenvalue weighted by molar-refractivity contribution is 6.02. The van der Waals surface area contributed by atoms with Crippen LogP contribution in [-0.4, -0.2) is 135 Å². The number of carbonyl (C=O) groups is 5. The van der Waals surface area contributed by atoms with Crippen molar-refractivity contribution in [2.24, 2.45) is 17.8 Å². The molecule has 1 aromatic rings. The number of nitrogens with one attached hydrogen (secondary N) is 2. The summed E-state index contributed by atoms with van der Waals surface area (Å²) >= 11 is 0. The lowest BCUT2D eigenvalue weighted by Crippen LogP contribution is -2.61. The van der Waals surface area contributed by atoms with Crippen LogP contribution in [0.3, 0.4) is 0 Å². The molecular formula is C41H68N6O8. The fraction of sp³-hybridized carbons (Fsp3) is 0.732. The molecule has 14 heteroatoms. The first-order chi connectivity index (χ1) is 25.9. The number of methoxy groups -OCH3 is 3. The second kappa shape index (κ2) is 20.5. The number of benzene rings is 1. The van der Waals surface area contributed by atoms with Gasteiger partial charge in [0.05, 0.1) is 49.3 Å². The average molecular weight is 773 g/mol. The van der Waals surface area contributed by atoms with Crippen molar-refractivity contribution in [1.29, 1.82) is 0 Å². The molecule has 0 aliphatic carbocycles. The molecule has 2 heterocycles. The number of nitrogens with two attached hydrogens (primary N) is 1. The van der Waals surface area contributed by atoms with Crippen LogP contribution in [0.25, 0.3) is 0 Å². The Morgan fingerprint density at radius 3 is 2.16 bits per heavy atom. The first-order valence-electron chi connectivity index (χ1n) is 19.8. The zero-order chi connectivity index (χ0) is 41.2. The quantitative estimate of drug-likeness (QED) is 0.139. The monoisotopic (exact) mass is 773 g/mol. The number of carbonyl (C=O) groups excluding carboxylic acids is 5.